The Balaban J connectivity index is 3.56. The lowest BCUT2D eigenvalue weighted by Gasteiger charge is -2.22. The molecule has 0 aliphatic rings. The highest BCUT2D eigenvalue weighted by Gasteiger charge is 2.14. The molecule has 0 aromatic carbocycles. The predicted molar refractivity (Wildman–Crippen MR) is 60.1 cm³/mol. The van der Waals surface area contributed by atoms with E-state index < -0.39 is 0 Å². The van der Waals surface area contributed by atoms with Crippen LogP contribution in [0.3, 0.4) is 0 Å². The van der Waals surface area contributed by atoms with Crippen LogP contribution in [-0.4, -0.2) is 24.1 Å². The molecule has 1 nitrogen and oxygen atoms in total. The van der Waals surface area contributed by atoms with Gasteiger partial charge in [-0.2, -0.15) is 11.8 Å². The van der Waals surface area contributed by atoms with Gasteiger partial charge in [-0.3, -0.25) is 0 Å². The van der Waals surface area contributed by atoms with Crippen molar-refractivity contribution in [1.82, 2.24) is 5.32 Å². The Hall–Kier alpha value is 0.340. The third-order valence-corrected chi connectivity index (χ3v) is 3.32. The molecule has 0 aliphatic carbocycles. The highest BCUT2D eigenvalue weighted by atomic mass is 35.5. The van der Waals surface area contributed by atoms with Crippen molar-refractivity contribution in [2.24, 2.45) is 0 Å². The lowest BCUT2D eigenvalue weighted by Crippen LogP contribution is -2.32. The Morgan fingerprint density at radius 1 is 1.58 bits per heavy atom. The summed E-state index contributed by atoms with van der Waals surface area (Å²) in [6.07, 6.45) is 2.13. The van der Waals surface area contributed by atoms with Gasteiger partial charge in [0.05, 0.1) is 0 Å². The number of thioether (sulfide) groups is 1. The van der Waals surface area contributed by atoms with E-state index in [2.05, 4.69) is 25.4 Å². The highest BCUT2D eigenvalue weighted by molar-refractivity contribution is 7.99. The topological polar surface area (TPSA) is 12.0 Å². The molecule has 0 saturated heterocycles. The first-order valence-corrected chi connectivity index (χ1v) is 5.69. The normalized spacial score (nSPS) is 13.6. The molecular weight excluding hydrogens is 190 g/mol. The Morgan fingerprint density at radius 2 is 2.17 bits per heavy atom. The van der Waals surface area contributed by atoms with E-state index >= 15 is 0 Å². The van der Waals surface area contributed by atoms with Crippen molar-refractivity contribution in [3.05, 3.63) is 11.1 Å². The first-order chi connectivity index (χ1) is 5.52. The highest BCUT2D eigenvalue weighted by Crippen LogP contribution is 2.19. The first-order valence-electron chi connectivity index (χ1n) is 4.03. The predicted octanol–water partition coefficient (Wildman–Crippen LogP) is 2.86. The van der Waals surface area contributed by atoms with E-state index in [4.69, 9.17) is 11.6 Å². The largest absolute Gasteiger partial charge is 0.312 e. The maximum atomic E-state index is 5.53. The number of hydrogen-bond donors (Lipinski definition) is 1. The summed E-state index contributed by atoms with van der Waals surface area (Å²) in [6, 6.07) is 0. The minimum absolute atomic E-state index is 0.312. The average molecular weight is 208 g/mol. The van der Waals surface area contributed by atoms with E-state index in [1.165, 1.54) is 5.57 Å². The molecule has 0 amide bonds. The fraction of sp³-hybridized carbons (Fsp3) is 0.778. The first kappa shape index (κ1) is 12.3. The second-order valence-corrected chi connectivity index (χ2v) is 5.25. The fourth-order valence-electron chi connectivity index (χ4n) is 0.671. The van der Waals surface area contributed by atoms with E-state index in [0.29, 0.717) is 4.75 Å². The number of hydrogen-bond acceptors (Lipinski definition) is 2. The fourth-order valence-corrected chi connectivity index (χ4v) is 0.995. The van der Waals surface area contributed by atoms with Gasteiger partial charge >= 0.3 is 0 Å². The van der Waals surface area contributed by atoms with Crippen LogP contribution in [-0.2, 0) is 0 Å². The van der Waals surface area contributed by atoms with Crippen LogP contribution in [0.4, 0.5) is 0 Å². The van der Waals surface area contributed by atoms with Crippen LogP contribution in [0.15, 0.2) is 11.1 Å². The molecule has 0 aromatic heterocycles. The van der Waals surface area contributed by atoms with Crippen LogP contribution < -0.4 is 5.32 Å². The molecule has 0 spiro atoms. The van der Waals surface area contributed by atoms with Crippen molar-refractivity contribution in [1.29, 1.82) is 0 Å². The molecule has 0 fully saturated rings. The van der Waals surface area contributed by atoms with Crippen molar-refractivity contribution in [2.45, 2.75) is 25.5 Å². The Kier molecular flexibility index (Phi) is 6.06. The van der Waals surface area contributed by atoms with Gasteiger partial charge in [-0.15, -0.1) is 0 Å². The smallest absolute Gasteiger partial charge is 0.0225 e. The summed E-state index contributed by atoms with van der Waals surface area (Å²) in [6.45, 7) is 8.37. The molecule has 0 heterocycles. The maximum absolute atomic E-state index is 5.53. The zero-order valence-electron chi connectivity index (χ0n) is 8.28. The van der Waals surface area contributed by atoms with Crippen LogP contribution >= 0.6 is 23.4 Å². The molecule has 1 N–H and O–H groups in total. The molecule has 0 atom stereocenters. The van der Waals surface area contributed by atoms with Crippen molar-refractivity contribution in [3.63, 3.8) is 0 Å². The lowest BCUT2D eigenvalue weighted by atomic mass is 10.2. The molecule has 0 aromatic rings. The second kappa shape index (κ2) is 5.90. The molecule has 0 bridgehead atoms. The molecule has 3 heteroatoms. The average Bonchev–Trinajstić information content (AvgIpc) is 2.04. The van der Waals surface area contributed by atoms with Crippen molar-refractivity contribution < 1.29 is 0 Å². The van der Waals surface area contributed by atoms with Gasteiger partial charge in [0.25, 0.3) is 0 Å². The monoisotopic (exact) mass is 207 g/mol. The molecular formula is C9H18ClNS. The number of halogens is 1. The summed E-state index contributed by atoms with van der Waals surface area (Å²) in [7, 11) is 0. The minimum Gasteiger partial charge on any atom is -0.312 e. The van der Waals surface area contributed by atoms with Gasteiger partial charge in [0.2, 0.25) is 0 Å². The third kappa shape index (κ3) is 5.92. The zero-order valence-corrected chi connectivity index (χ0v) is 9.85. The summed E-state index contributed by atoms with van der Waals surface area (Å²) >= 11 is 7.40. The van der Waals surface area contributed by atoms with Gasteiger partial charge in [-0.25, -0.2) is 0 Å². The van der Waals surface area contributed by atoms with Crippen molar-refractivity contribution in [2.75, 3.05) is 19.3 Å². The number of nitrogens with one attached hydrogen (secondary N) is 1. The van der Waals surface area contributed by atoms with Crippen LogP contribution in [0.25, 0.3) is 0 Å². The summed E-state index contributed by atoms with van der Waals surface area (Å²) in [5.74, 6) is 0. The zero-order chi connectivity index (χ0) is 9.61. The van der Waals surface area contributed by atoms with Crippen molar-refractivity contribution in [3.8, 4) is 0 Å². The van der Waals surface area contributed by atoms with Crippen LogP contribution in [0.2, 0.25) is 0 Å². The van der Waals surface area contributed by atoms with Crippen LogP contribution in [0.1, 0.15) is 20.8 Å². The maximum Gasteiger partial charge on any atom is 0.0225 e. The Bertz CT molecular complexity index is 155. The lowest BCUT2D eigenvalue weighted by molar-refractivity contribution is 0.614. The van der Waals surface area contributed by atoms with Crippen molar-refractivity contribution >= 4 is 23.4 Å². The molecule has 0 rings (SSSR count). The molecule has 0 saturated carbocycles. The molecule has 12 heavy (non-hydrogen) atoms. The van der Waals surface area contributed by atoms with E-state index in [9.17, 15) is 0 Å². The van der Waals surface area contributed by atoms with Gasteiger partial charge in [0, 0.05) is 23.4 Å². The molecule has 0 aliphatic heterocycles. The van der Waals surface area contributed by atoms with E-state index in [0.717, 1.165) is 13.1 Å². The second-order valence-electron chi connectivity index (χ2n) is 3.52. The molecule has 0 radical (unpaired) electrons. The standard InChI is InChI=1S/C9H18ClNS/c1-8(5-10)6-11-7-9(2,3)12-4/h5,11H,6-7H2,1-4H3. The Labute approximate surface area is 84.9 Å². The Morgan fingerprint density at radius 3 is 2.58 bits per heavy atom. The number of rotatable bonds is 5. The van der Waals surface area contributed by atoms with E-state index in [-0.39, 0.29) is 0 Å². The van der Waals surface area contributed by atoms with E-state index in [1.54, 1.807) is 5.54 Å². The third-order valence-electron chi connectivity index (χ3n) is 1.69. The van der Waals surface area contributed by atoms with Gasteiger partial charge in [-0.05, 0) is 32.6 Å². The summed E-state index contributed by atoms with van der Waals surface area (Å²) in [4.78, 5) is 0. The molecule has 0 unspecified atom stereocenters. The summed E-state index contributed by atoms with van der Waals surface area (Å²) in [5.41, 5.74) is 2.80. The van der Waals surface area contributed by atoms with E-state index in [1.807, 2.05) is 18.7 Å². The van der Waals surface area contributed by atoms with Crippen LogP contribution in [0.5, 0.6) is 0 Å². The van der Waals surface area contributed by atoms with Gasteiger partial charge in [0.15, 0.2) is 0 Å². The quantitative estimate of drug-likeness (QED) is 0.744. The molecule has 72 valence electrons. The van der Waals surface area contributed by atoms with Gasteiger partial charge in [0.1, 0.15) is 0 Å². The summed E-state index contributed by atoms with van der Waals surface area (Å²) in [5, 5.41) is 3.35. The SMILES string of the molecule is CSC(C)(C)CNCC(C)=CCl. The minimum atomic E-state index is 0.312. The van der Waals surface area contributed by atoms with Gasteiger partial charge < -0.3 is 5.32 Å². The van der Waals surface area contributed by atoms with Crippen LogP contribution in [0, 0.1) is 0 Å². The summed E-state index contributed by atoms with van der Waals surface area (Å²) < 4.78 is 0.312. The van der Waals surface area contributed by atoms with Gasteiger partial charge in [-0.1, -0.05) is 11.6 Å².